The standard InChI is InChI=1S/C39H66O7/c1-3-5-7-8-9-10-11-12-13-14-15-16-21-25-38(43)45-31-35(41)32-46-39(44)26-22-18-17-20-23-33-27-30-37(42)36(33)29-28-34(40)24-19-6-4-2/h17,20,27-30,33-36,40-41H,3-16,18-19,21-26,31-32H2,1-2H3/b20-17-,29-28+/t33-,34-,35-,36+/m0/s1. The molecule has 0 bridgehead atoms. The van der Waals surface area contributed by atoms with Gasteiger partial charge in [0.05, 0.1) is 6.10 Å². The zero-order valence-electron chi connectivity index (χ0n) is 29.2. The lowest BCUT2D eigenvalue weighted by Gasteiger charge is -2.13. The molecule has 0 aromatic heterocycles. The minimum Gasteiger partial charge on any atom is -0.463 e. The highest BCUT2D eigenvalue weighted by atomic mass is 16.6. The van der Waals surface area contributed by atoms with Gasteiger partial charge >= 0.3 is 11.9 Å². The molecule has 2 N–H and O–H groups in total. The van der Waals surface area contributed by atoms with Crippen molar-refractivity contribution in [3.63, 3.8) is 0 Å². The number of carbonyl (C=O) groups is 3. The fourth-order valence-electron chi connectivity index (χ4n) is 5.66. The molecule has 0 aliphatic heterocycles. The molecular formula is C39H66O7. The quantitative estimate of drug-likeness (QED) is 0.0455. The van der Waals surface area contributed by atoms with Gasteiger partial charge in [-0.15, -0.1) is 0 Å². The number of hydrogen-bond donors (Lipinski definition) is 2. The fourth-order valence-corrected chi connectivity index (χ4v) is 5.66. The molecule has 0 amide bonds. The molecule has 0 heterocycles. The van der Waals surface area contributed by atoms with E-state index in [0.29, 0.717) is 19.3 Å². The average Bonchev–Trinajstić information content (AvgIpc) is 3.40. The van der Waals surface area contributed by atoms with Gasteiger partial charge in [0, 0.05) is 18.8 Å². The summed E-state index contributed by atoms with van der Waals surface area (Å²) >= 11 is 0. The van der Waals surface area contributed by atoms with Gasteiger partial charge in [-0.2, -0.15) is 0 Å². The first-order valence-electron chi connectivity index (χ1n) is 18.6. The number of aliphatic hydroxyl groups excluding tert-OH is 2. The van der Waals surface area contributed by atoms with Gasteiger partial charge in [0.1, 0.15) is 19.3 Å². The maximum absolute atomic E-state index is 12.2. The van der Waals surface area contributed by atoms with Gasteiger partial charge in [-0.25, -0.2) is 0 Å². The Kier molecular flexibility index (Phi) is 26.3. The van der Waals surface area contributed by atoms with Gasteiger partial charge < -0.3 is 19.7 Å². The summed E-state index contributed by atoms with van der Waals surface area (Å²) in [5.74, 6) is -0.786. The van der Waals surface area contributed by atoms with Gasteiger partial charge in [0.15, 0.2) is 5.78 Å². The molecule has 7 nitrogen and oxygen atoms in total. The number of allylic oxidation sites excluding steroid dienone is 5. The monoisotopic (exact) mass is 646 g/mol. The van der Waals surface area contributed by atoms with Crippen LogP contribution >= 0.6 is 0 Å². The molecule has 0 saturated carbocycles. The Morgan fingerprint density at radius 2 is 1.26 bits per heavy atom. The Balaban J connectivity index is 2.03. The number of ether oxygens (including phenoxy) is 2. The van der Waals surface area contributed by atoms with Crippen LogP contribution in [0.3, 0.4) is 0 Å². The smallest absolute Gasteiger partial charge is 0.305 e. The summed E-state index contributed by atoms with van der Waals surface area (Å²) < 4.78 is 10.3. The molecule has 7 heteroatoms. The summed E-state index contributed by atoms with van der Waals surface area (Å²) in [6.45, 7) is 4.02. The van der Waals surface area contributed by atoms with Crippen LogP contribution in [-0.2, 0) is 23.9 Å². The van der Waals surface area contributed by atoms with Crippen molar-refractivity contribution in [2.24, 2.45) is 11.8 Å². The first kappa shape index (κ1) is 41.8. The van der Waals surface area contributed by atoms with E-state index in [0.717, 1.165) is 51.4 Å². The molecule has 46 heavy (non-hydrogen) atoms. The molecule has 1 rings (SSSR count). The maximum atomic E-state index is 12.2. The Labute approximate surface area is 280 Å². The molecule has 4 atom stereocenters. The van der Waals surface area contributed by atoms with Crippen LogP contribution in [0.4, 0.5) is 0 Å². The number of unbranched alkanes of at least 4 members (excludes halogenated alkanes) is 15. The van der Waals surface area contributed by atoms with Gasteiger partial charge in [-0.1, -0.05) is 141 Å². The molecule has 1 aliphatic rings. The highest BCUT2D eigenvalue weighted by Crippen LogP contribution is 2.27. The number of hydrogen-bond acceptors (Lipinski definition) is 7. The molecule has 0 aromatic rings. The number of aliphatic hydroxyl groups is 2. The van der Waals surface area contributed by atoms with Crippen molar-refractivity contribution >= 4 is 17.7 Å². The van der Waals surface area contributed by atoms with Crippen molar-refractivity contribution in [1.82, 2.24) is 0 Å². The van der Waals surface area contributed by atoms with E-state index in [9.17, 15) is 24.6 Å². The summed E-state index contributed by atoms with van der Waals surface area (Å²) in [5.41, 5.74) is 0. The van der Waals surface area contributed by atoms with E-state index < -0.39 is 18.2 Å². The second-order valence-electron chi connectivity index (χ2n) is 13.0. The lowest BCUT2D eigenvalue weighted by atomic mass is 9.90. The van der Waals surface area contributed by atoms with Crippen molar-refractivity contribution in [3.8, 4) is 0 Å². The Hall–Kier alpha value is -2.25. The highest BCUT2D eigenvalue weighted by molar-refractivity contribution is 5.95. The lowest BCUT2D eigenvalue weighted by Crippen LogP contribution is -2.25. The summed E-state index contributed by atoms with van der Waals surface area (Å²) in [4.78, 5) is 36.2. The van der Waals surface area contributed by atoms with Crippen LogP contribution in [0.1, 0.15) is 155 Å². The van der Waals surface area contributed by atoms with Gasteiger partial charge in [-0.3, -0.25) is 14.4 Å². The van der Waals surface area contributed by atoms with Gasteiger partial charge in [0.2, 0.25) is 0 Å². The van der Waals surface area contributed by atoms with Crippen LogP contribution in [-0.4, -0.2) is 53.4 Å². The van der Waals surface area contributed by atoms with Crippen LogP contribution in [0.5, 0.6) is 0 Å². The van der Waals surface area contributed by atoms with E-state index in [2.05, 4.69) is 13.8 Å². The first-order chi connectivity index (χ1) is 22.4. The van der Waals surface area contributed by atoms with Crippen LogP contribution in [0.25, 0.3) is 0 Å². The zero-order chi connectivity index (χ0) is 33.7. The topological polar surface area (TPSA) is 110 Å². The summed E-state index contributed by atoms with van der Waals surface area (Å²) in [6.07, 6.45) is 32.5. The van der Waals surface area contributed by atoms with E-state index in [4.69, 9.17) is 9.47 Å². The van der Waals surface area contributed by atoms with Crippen molar-refractivity contribution in [3.05, 3.63) is 36.5 Å². The Bertz CT molecular complexity index is 878. The largest absolute Gasteiger partial charge is 0.463 e. The SMILES string of the molecule is CCCCCCCCCCCCCCCC(=O)OC[C@H](O)COC(=O)CCC/C=C\C[C@H]1C=CC(=O)[C@@H]1/C=C/[C@@H](O)CCCCC. The Morgan fingerprint density at radius 1 is 0.739 bits per heavy atom. The maximum Gasteiger partial charge on any atom is 0.305 e. The van der Waals surface area contributed by atoms with Crippen LogP contribution in [0.15, 0.2) is 36.5 Å². The minimum absolute atomic E-state index is 0.0740. The summed E-state index contributed by atoms with van der Waals surface area (Å²) in [7, 11) is 0. The molecule has 0 aromatic carbocycles. The summed E-state index contributed by atoms with van der Waals surface area (Å²) in [5, 5.41) is 20.1. The third-order valence-corrected chi connectivity index (χ3v) is 8.63. The minimum atomic E-state index is -1.03. The normalized spacial score (nSPS) is 17.7. The van der Waals surface area contributed by atoms with Gasteiger partial charge in [-0.05, 0) is 44.1 Å². The number of ketones is 1. The average molecular weight is 647 g/mol. The second kappa shape index (κ2) is 28.9. The van der Waals surface area contributed by atoms with Gasteiger partial charge in [0.25, 0.3) is 0 Å². The van der Waals surface area contributed by atoms with E-state index in [1.54, 1.807) is 12.2 Å². The molecule has 0 unspecified atom stereocenters. The Morgan fingerprint density at radius 3 is 1.85 bits per heavy atom. The molecule has 0 spiro atoms. The van der Waals surface area contributed by atoms with Crippen molar-refractivity contribution in [2.45, 2.75) is 167 Å². The van der Waals surface area contributed by atoms with E-state index in [1.807, 2.05) is 24.3 Å². The molecular weight excluding hydrogens is 580 g/mol. The molecule has 0 radical (unpaired) electrons. The van der Waals surface area contributed by atoms with E-state index in [1.165, 1.54) is 64.2 Å². The van der Waals surface area contributed by atoms with E-state index in [-0.39, 0.29) is 43.2 Å². The predicted molar refractivity (Wildman–Crippen MR) is 186 cm³/mol. The third-order valence-electron chi connectivity index (χ3n) is 8.63. The van der Waals surface area contributed by atoms with Crippen molar-refractivity contribution in [2.75, 3.05) is 13.2 Å². The predicted octanol–water partition coefficient (Wildman–Crippen LogP) is 8.90. The van der Waals surface area contributed by atoms with Crippen LogP contribution in [0.2, 0.25) is 0 Å². The molecule has 264 valence electrons. The fraction of sp³-hybridized carbons (Fsp3) is 0.769. The number of esters is 2. The van der Waals surface area contributed by atoms with Crippen molar-refractivity contribution in [1.29, 1.82) is 0 Å². The van der Waals surface area contributed by atoms with E-state index >= 15 is 0 Å². The number of carbonyl (C=O) groups excluding carboxylic acids is 3. The second-order valence-corrected chi connectivity index (χ2v) is 13.0. The zero-order valence-corrected chi connectivity index (χ0v) is 29.2. The number of rotatable bonds is 30. The van der Waals surface area contributed by atoms with Crippen LogP contribution in [0, 0.1) is 11.8 Å². The molecule has 0 saturated heterocycles. The first-order valence-corrected chi connectivity index (χ1v) is 18.6. The highest BCUT2D eigenvalue weighted by Gasteiger charge is 2.26. The third kappa shape index (κ3) is 23.1. The van der Waals surface area contributed by atoms with Crippen molar-refractivity contribution < 1.29 is 34.1 Å². The van der Waals surface area contributed by atoms with Crippen LogP contribution < -0.4 is 0 Å². The molecule has 1 aliphatic carbocycles. The molecule has 0 fully saturated rings. The summed E-state index contributed by atoms with van der Waals surface area (Å²) in [6, 6.07) is 0. The lowest BCUT2D eigenvalue weighted by molar-refractivity contribution is -0.152.